The van der Waals surface area contributed by atoms with E-state index in [1.54, 1.807) is 0 Å². The zero-order chi connectivity index (χ0) is 10.1. The van der Waals surface area contributed by atoms with Gasteiger partial charge in [0, 0.05) is 12.2 Å². The van der Waals surface area contributed by atoms with Gasteiger partial charge in [0.05, 0.1) is 10.7 Å². The quantitative estimate of drug-likeness (QED) is 0.709. The number of hydrogen-bond acceptors (Lipinski definition) is 2. The Morgan fingerprint density at radius 1 is 1.57 bits per heavy atom. The maximum absolute atomic E-state index is 6.06. The van der Waals surface area contributed by atoms with Crippen LogP contribution in [-0.2, 0) is 0 Å². The summed E-state index contributed by atoms with van der Waals surface area (Å²) in [6.45, 7) is 3.11. The molecule has 0 aromatic carbocycles. The number of pyridine rings is 1. The summed E-state index contributed by atoms with van der Waals surface area (Å²) in [4.78, 5) is 6.66. The molecule has 3 heteroatoms. The van der Waals surface area contributed by atoms with E-state index in [0.29, 0.717) is 6.04 Å². The van der Waals surface area contributed by atoms with Crippen LogP contribution < -0.4 is 0 Å². The summed E-state index contributed by atoms with van der Waals surface area (Å²) in [5.74, 6) is 0. The lowest BCUT2D eigenvalue weighted by atomic mass is 10.1. The highest BCUT2D eigenvalue weighted by molar-refractivity contribution is 6.31. The fourth-order valence-electron chi connectivity index (χ4n) is 2.03. The molecular formula is C11H15ClN2. The van der Waals surface area contributed by atoms with Gasteiger partial charge in [-0.2, -0.15) is 0 Å². The maximum Gasteiger partial charge on any atom is 0.0621 e. The molecule has 0 amide bonds. The van der Waals surface area contributed by atoms with Gasteiger partial charge in [-0.15, -0.1) is 0 Å². The van der Waals surface area contributed by atoms with Crippen molar-refractivity contribution >= 4 is 11.6 Å². The highest BCUT2D eigenvalue weighted by atomic mass is 35.5. The van der Waals surface area contributed by atoms with E-state index in [1.165, 1.54) is 24.9 Å². The number of halogens is 1. The summed E-state index contributed by atoms with van der Waals surface area (Å²) in [5, 5.41) is 0.780. The molecule has 14 heavy (non-hydrogen) atoms. The molecule has 0 unspecified atom stereocenters. The molecular weight excluding hydrogens is 196 g/mol. The number of rotatable bonds is 1. The van der Waals surface area contributed by atoms with Gasteiger partial charge in [-0.25, -0.2) is 0 Å². The molecule has 1 aromatic heterocycles. The predicted octanol–water partition coefficient (Wildman–Crippen LogP) is 2.81. The molecule has 1 atom stereocenters. The molecule has 1 aliphatic heterocycles. The van der Waals surface area contributed by atoms with Crippen molar-refractivity contribution in [1.29, 1.82) is 0 Å². The molecule has 0 spiro atoms. The Bertz CT molecular complexity index is 338. The van der Waals surface area contributed by atoms with E-state index in [1.807, 2.05) is 13.1 Å². The fraction of sp³-hybridized carbons (Fsp3) is 0.545. The number of likely N-dealkylation sites (tertiary alicyclic amines) is 1. The summed E-state index contributed by atoms with van der Waals surface area (Å²) in [6.07, 6.45) is 4.44. The maximum atomic E-state index is 6.06. The normalized spacial score (nSPS) is 22.9. The van der Waals surface area contributed by atoms with E-state index in [4.69, 9.17) is 11.6 Å². The lowest BCUT2D eigenvalue weighted by Crippen LogP contribution is -2.17. The first-order valence-electron chi connectivity index (χ1n) is 5.01. The highest BCUT2D eigenvalue weighted by Gasteiger charge is 2.22. The lowest BCUT2D eigenvalue weighted by molar-refractivity contribution is 0.317. The van der Waals surface area contributed by atoms with Crippen LogP contribution in [0.3, 0.4) is 0 Å². The van der Waals surface area contributed by atoms with Crippen molar-refractivity contribution in [3.8, 4) is 0 Å². The molecule has 1 aromatic rings. The highest BCUT2D eigenvalue weighted by Crippen LogP contribution is 2.31. The SMILES string of the molecule is Cc1ncc([C@@H]2CCCN2C)cc1Cl. The van der Waals surface area contributed by atoms with Crippen LogP contribution in [0, 0.1) is 6.92 Å². The van der Waals surface area contributed by atoms with Gasteiger partial charge in [0.25, 0.3) is 0 Å². The van der Waals surface area contributed by atoms with Crippen LogP contribution in [0.4, 0.5) is 0 Å². The minimum atomic E-state index is 0.514. The van der Waals surface area contributed by atoms with E-state index in [-0.39, 0.29) is 0 Å². The molecule has 0 aliphatic carbocycles. The second kappa shape index (κ2) is 3.87. The molecule has 2 rings (SSSR count). The van der Waals surface area contributed by atoms with Crippen molar-refractivity contribution in [2.24, 2.45) is 0 Å². The van der Waals surface area contributed by atoms with Gasteiger partial charge in [0.2, 0.25) is 0 Å². The Kier molecular flexibility index (Phi) is 2.75. The van der Waals surface area contributed by atoms with Crippen LogP contribution in [0.5, 0.6) is 0 Å². The fourth-order valence-corrected chi connectivity index (χ4v) is 2.21. The summed E-state index contributed by atoms with van der Waals surface area (Å²) >= 11 is 6.06. The molecule has 0 saturated carbocycles. The summed E-state index contributed by atoms with van der Waals surface area (Å²) in [7, 11) is 2.16. The van der Waals surface area contributed by atoms with E-state index in [2.05, 4.69) is 23.0 Å². The van der Waals surface area contributed by atoms with Crippen LogP contribution >= 0.6 is 11.6 Å². The Labute approximate surface area is 89.9 Å². The van der Waals surface area contributed by atoms with Crippen molar-refractivity contribution in [1.82, 2.24) is 9.88 Å². The van der Waals surface area contributed by atoms with Crippen molar-refractivity contribution < 1.29 is 0 Å². The minimum absolute atomic E-state index is 0.514. The largest absolute Gasteiger partial charge is 0.299 e. The minimum Gasteiger partial charge on any atom is -0.299 e. The molecule has 76 valence electrons. The summed E-state index contributed by atoms with van der Waals surface area (Å²) < 4.78 is 0. The third-order valence-corrected chi connectivity index (χ3v) is 3.33. The molecule has 2 nitrogen and oxygen atoms in total. The molecule has 0 radical (unpaired) electrons. The number of aromatic nitrogens is 1. The van der Waals surface area contributed by atoms with Gasteiger partial charge in [-0.1, -0.05) is 11.6 Å². The Morgan fingerprint density at radius 2 is 2.36 bits per heavy atom. The lowest BCUT2D eigenvalue weighted by Gasteiger charge is -2.19. The number of hydrogen-bond donors (Lipinski definition) is 0. The zero-order valence-corrected chi connectivity index (χ0v) is 9.38. The van der Waals surface area contributed by atoms with Gasteiger partial charge in [0.15, 0.2) is 0 Å². The van der Waals surface area contributed by atoms with Crippen LogP contribution in [0.2, 0.25) is 5.02 Å². The van der Waals surface area contributed by atoms with E-state index < -0.39 is 0 Å². The summed E-state index contributed by atoms with van der Waals surface area (Å²) in [6, 6.07) is 2.57. The monoisotopic (exact) mass is 210 g/mol. The van der Waals surface area contributed by atoms with Crippen molar-refractivity contribution in [2.75, 3.05) is 13.6 Å². The molecule has 1 aliphatic rings. The van der Waals surface area contributed by atoms with Gasteiger partial charge >= 0.3 is 0 Å². The second-order valence-corrected chi connectivity index (χ2v) is 4.38. The van der Waals surface area contributed by atoms with Gasteiger partial charge < -0.3 is 0 Å². The third-order valence-electron chi connectivity index (χ3n) is 2.95. The number of aryl methyl sites for hydroxylation is 1. The Balaban J connectivity index is 2.28. The van der Waals surface area contributed by atoms with Crippen molar-refractivity contribution in [2.45, 2.75) is 25.8 Å². The first-order chi connectivity index (χ1) is 6.68. The predicted molar refractivity (Wildman–Crippen MR) is 58.6 cm³/mol. The van der Waals surface area contributed by atoms with Crippen LogP contribution in [0.15, 0.2) is 12.3 Å². The molecule has 0 bridgehead atoms. The second-order valence-electron chi connectivity index (χ2n) is 3.97. The third kappa shape index (κ3) is 1.77. The first kappa shape index (κ1) is 9.94. The molecule has 1 saturated heterocycles. The van der Waals surface area contributed by atoms with E-state index >= 15 is 0 Å². The molecule has 0 N–H and O–H groups in total. The van der Waals surface area contributed by atoms with Crippen molar-refractivity contribution in [3.05, 3.63) is 28.5 Å². The van der Waals surface area contributed by atoms with Crippen LogP contribution in [0.25, 0.3) is 0 Å². The average Bonchev–Trinajstić information content (AvgIpc) is 2.57. The van der Waals surface area contributed by atoms with Crippen LogP contribution in [0.1, 0.15) is 30.1 Å². The molecule has 1 fully saturated rings. The van der Waals surface area contributed by atoms with Gasteiger partial charge in [-0.05, 0) is 45.0 Å². The Morgan fingerprint density at radius 3 is 2.93 bits per heavy atom. The Hall–Kier alpha value is -0.600. The zero-order valence-electron chi connectivity index (χ0n) is 8.63. The van der Waals surface area contributed by atoms with Crippen molar-refractivity contribution in [3.63, 3.8) is 0 Å². The standard InChI is InChI=1S/C11H15ClN2/c1-8-10(12)6-9(7-13-8)11-4-3-5-14(11)2/h6-7,11H,3-5H2,1-2H3/t11-/m0/s1. The average molecular weight is 211 g/mol. The van der Waals surface area contributed by atoms with Gasteiger partial charge in [0.1, 0.15) is 0 Å². The van der Waals surface area contributed by atoms with Gasteiger partial charge in [-0.3, -0.25) is 9.88 Å². The van der Waals surface area contributed by atoms with E-state index in [9.17, 15) is 0 Å². The van der Waals surface area contributed by atoms with Crippen LogP contribution in [-0.4, -0.2) is 23.5 Å². The number of nitrogens with zero attached hydrogens (tertiary/aromatic N) is 2. The smallest absolute Gasteiger partial charge is 0.0621 e. The topological polar surface area (TPSA) is 16.1 Å². The molecule has 2 heterocycles. The van der Waals surface area contributed by atoms with E-state index in [0.717, 1.165) is 10.7 Å². The summed E-state index contributed by atoms with van der Waals surface area (Å²) in [5.41, 5.74) is 2.16. The first-order valence-corrected chi connectivity index (χ1v) is 5.38.